The average molecular weight is 236 g/mol. The summed E-state index contributed by atoms with van der Waals surface area (Å²) in [6, 6.07) is 5.46. The van der Waals surface area contributed by atoms with Crippen LogP contribution >= 0.6 is 11.6 Å². The number of rotatable bonds is 1. The maximum atomic E-state index is 11.6. The first-order valence-corrected chi connectivity index (χ1v) is 5.14. The van der Waals surface area contributed by atoms with Gasteiger partial charge >= 0.3 is 5.97 Å². The Bertz CT molecular complexity index is 566. The molecule has 0 N–H and O–H groups in total. The third kappa shape index (κ3) is 1.74. The number of esters is 1. The number of fused-ring (bicyclic) bond motifs is 1. The van der Waals surface area contributed by atoms with Gasteiger partial charge in [0.25, 0.3) is 0 Å². The highest BCUT2D eigenvalue weighted by atomic mass is 35.5. The van der Waals surface area contributed by atoms with Crippen LogP contribution in [0.25, 0.3) is 10.9 Å². The van der Waals surface area contributed by atoms with Crippen LogP contribution in [0.3, 0.4) is 0 Å². The van der Waals surface area contributed by atoms with Crippen LogP contribution in [-0.2, 0) is 4.74 Å². The highest BCUT2D eigenvalue weighted by Gasteiger charge is 2.15. The Balaban J connectivity index is 2.79. The summed E-state index contributed by atoms with van der Waals surface area (Å²) in [4.78, 5) is 15.8. The molecule has 0 spiro atoms. The zero-order valence-corrected chi connectivity index (χ0v) is 9.71. The van der Waals surface area contributed by atoms with Crippen molar-refractivity contribution < 1.29 is 9.53 Å². The minimum atomic E-state index is -0.466. The molecule has 0 fully saturated rings. The summed E-state index contributed by atoms with van der Waals surface area (Å²) in [6.45, 7) is 1.94. The second-order valence-electron chi connectivity index (χ2n) is 3.50. The van der Waals surface area contributed by atoms with Gasteiger partial charge in [0.05, 0.1) is 17.6 Å². The van der Waals surface area contributed by atoms with Gasteiger partial charge in [-0.25, -0.2) is 4.79 Å². The molecule has 2 aromatic rings. The normalized spacial score (nSPS) is 10.4. The molecular formula is C12H10ClNO2. The molecule has 0 aliphatic carbocycles. The van der Waals surface area contributed by atoms with Crippen molar-refractivity contribution in [2.24, 2.45) is 0 Å². The Kier molecular flexibility index (Phi) is 2.79. The Morgan fingerprint density at radius 1 is 1.44 bits per heavy atom. The number of carbonyl (C=O) groups is 1. The van der Waals surface area contributed by atoms with Crippen LogP contribution in [0.15, 0.2) is 24.4 Å². The van der Waals surface area contributed by atoms with E-state index in [1.54, 1.807) is 12.3 Å². The zero-order valence-electron chi connectivity index (χ0n) is 8.95. The van der Waals surface area contributed by atoms with Gasteiger partial charge in [-0.2, -0.15) is 0 Å². The number of halogens is 1. The number of pyridine rings is 1. The maximum absolute atomic E-state index is 11.6. The number of hydrogen-bond acceptors (Lipinski definition) is 3. The number of hydrogen-bond donors (Lipinski definition) is 0. The van der Waals surface area contributed by atoms with Crippen molar-refractivity contribution in [1.82, 2.24) is 4.98 Å². The minimum Gasteiger partial charge on any atom is -0.465 e. The van der Waals surface area contributed by atoms with Gasteiger partial charge in [-0.05, 0) is 24.6 Å². The van der Waals surface area contributed by atoms with E-state index in [1.165, 1.54) is 7.11 Å². The van der Waals surface area contributed by atoms with E-state index >= 15 is 0 Å². The second-order valence-corrected chi connectivity index (χ2v) is 3.91. The molecule has 0 bridgehead atoms. The van der Waals surface area contributed by atoms with E-state index in [4.69, 9.17) is 16.3 Å². The third-order valence-electron chi connectivity index (χ3n) is 2.33. The fourth-order valence-corrected chi connectivity index (χ4v) is 1.81. The quantitative estimate of drug-likeness (QED) is 0.714. The third-order valence-corrected chi connectivity index (χ3v) is 2.64. The van der Waals surface area contributed by atoms with Crippen molar-refractivity contribution in [3.8, 4) is 0 Å². The van der Waals surface area contributed by atoms with Gasteiger partial charge in [-0.3, -0.25) is 4.98 Å². The molecule has 0 aliphatic rings. The summed E-state index contributed by atoms with van der Waals surface area (Å²) in [5.41, 5.74) is 1.93. The lowest BCUT2D eigenvalue weighted by molar-refractivity contribution is 0.0603. The average Bonchev–Trinajstić information content (AvgIpc) is 2.28. The molecule has 82 valence electrons. The van der Waals surface area contributed by atoms with Crippen LogP contribution < -0.4 is 0 Å². The Hall–Kier alpha value is -1.61. The van der Waals surface area contributed by atoms with E-state index in [2.05, 4.69) is 4.98 Å². The Morgan fingerprint density at radius 3 is 2.88 bits per heavy atom. The van der Waals surface area contributed by atoms with Gasteiger partial charge in [0.2, 0.25) is 0 Å². The minimum absolute atomic E-state index is 0.321. The van der Waals surface area contributed by atoms with Crippen LogP contribution in [0.1, 0.15) is 15.9 Å². The molecule has 0 atom stereocenters. The Labute approximate surface area is 98.0 Å². The largest absolute Gasteiger partial charge is 0.465 e. The number of aryl methyl sites for hydroxylation is 1. The molecule has 0 unspecified atom stereocenters. The monoisotopic (exact) mass is 235 g/mol. The predicted molar refractivity (Wildman–Crippen MR) is 62.8 cm³/mol. The topological polar surface area (TPSA) is 39.2 Å². The van der Waals surface area contributed by atoms with Gasteiger partial charge in [0.1, 0.15) is 5.56 Å². The first-order chi connectivity index (χ1) is 7.63. The van der Waals surface area contributed by atoms with E-state index in [0.717, 1.165) is 10.9 Å². The smallest absolute Gasteiger partial charge is 0.341 e. The summed E-state index contributed by atoms with van der Waals surface area (Å²) < 4.78 is 4.69. The summed E-state index contributed by atoms with van der Waals surface area (Å²) in [7, 11) is 1.33. The van der Waals surface area contributed by atoms with Crippen molar-refractivity contribution in [2.45, 2.75) is 6.92 Å². The highest BCUT2D eigenvalue weighted by molar-refractivity contribution is 6.35. The zero-order chi connectivity index (χ0) is 11.7. The fourth-order valence-electron chi connectivity index (χ4n) is 1.58. The van der Waals surface area contributed by atoms with Crippen LogP contribution in [0.2, 0.25) is 5.02 Å². The van der Waals surface area contributed by atoms with Crippen molar-refractivity contribution in [1.29, 1.82) is 0 Å². The summed E-state index contributed by atoms with van der Waals surface area (Å²) in [5, 5.41) is 1.24. The number of carbonyl (C=O) groups excluding carboxylic acids is 1. The van der Waals surface area contributed by atoms with E-state index in [9.17, 15) is 4.79 Å². The summed E-state index contributed by atoms with van der Waals surface area (Å²) >= 11 is 5.98. The molecule has 0 aliphatic heterocycles. The van der Waals surface area contributed by atoms with E-state index in [0.29, 0.717) is 16.1 Å². The SMILES string of the molecule is COC(=O)c1c(Cl)ccc2cc(C)cnc12. The number of aromatic nitrogens is 1. The molecule has 0 saturated heterocycles. The Morgan fingerprint density at radius 2 is 2.19 bits per heavy atom. The summed E-state index contributed by atoms with van der Waals surface area (Å²) in [5.74, 6) is -0.466. The molecule has 4 heteroatoms. The number of ether oxygens (including phenoxy) is 1. The van der Waals surface area contributed by atoms with Crippen molar-refractivity contribution in [3.63, 3.8) is 0 Å². The van der Waals surface area contributed by atoms with Crippen molar-refractivity contribution in [3.05, 3.63) is 40.5 Å². The standard InChI is InChI=1S/C12H10ClNO2/c1-7-5-8-3-4-9(13)10(12(15)16-2)11(8)14-6-7/h3-6H,1-2H3. The van der Waals surface area contributed by atoms with Crippen LogP contribution in [0, 0.1) is 6.92 Å². The highest BCUT2D eigenvalue weighted by Crippen LogP contribution is 2.25. The molecule has 0 saturated carbocycles. The van der Waals surface area contributed by atoms with Crippen LogP contribution in [0.4, 0.5) is 0 Å². The lowest BCUT2D eigenvalue weighted by atomic mass is 10.1. The van der Waals surface area contributed by atoms with E-state index in [-0.39, 0.29) is 0 Å². The molecular weight excluding hydrogens is 226 g/mol. The first-order valence-electron chi connectivity index (χ1n) is 4.76. The van der Waals surface area contributed by atoms with Gasteiger partial charge in [0.15, 0.2) is 0 Å². The molecule has 0 radical (unpaired) electrons. The fraction of sp³-hybridized carbons (Fsp3) is 0.167. The lowest BCUT2D eigenvalue weighted by Crippen LogP contribution is -2.04. The number of methoxy groups -OCH3 is 1. The van der Waals surface area contributed by atoms with Crippen LogP contribution in [-0.4, -0.2) is 18.1 Å². The maximum Gasteiger partial charge on any atom is 0.341 e. The van der Waals surface area contributed by atoms with E-state index in [1.807, 2.05) is 19.1 Å². The summed E-state index contributed by atoms with van der Waals surface area (Å²) in [6.07, 6.45) is 1.70. The van der Waals surface area contributed by atoms with Gasteiger partial charge < -0.3 is 4.74 Å². The van der Waals surface area contributed by atoms with Crippen molar-refractivity contribution >= 4 is 28.5 Å². The molecule has 2 rings (SSSR count). The molecule has 1 aromatic carbocycles. The molecule has 3 nitrogen and oxygen atoms in total. The molecule has 1 heterocycles. The number of nitrogens with zero attached hydrogens (tertiary/aromatic N) is 1. The molecule has 0 amide bonds. The lowest BCUT2D eigenvalue weighted by Gasteiger charge is -2.06. The predicted octanol–water partition coefficient (Wildman–Crippen LogP) is 2.98. The van der Waals surface area contributed by atoms with E-state index < -0.39 is 5.97 Å². The second kappa shape index (κ2) is 4.10. The van der Waals surface area contributed by atoms with Gasteiger partial charge in [0, 0.05) is 11.6 Å². The molecule has 16 heavy (non-hydrogen) atoms. The van der Waals surface area contributed by atoms with Gasteiger partial charge in [-0.15, -0.1) is 0 Å². The number of benzene rings is 1. The first kappa shape index (κ1) is 10.9. The van der Waals surface area contributed by atoms with Gasteiger partial charge in [-0.1, -0.05) is 17.7 Å². The van der Waals surface area contributed by atoms with Crippen LogP contribution in [0.5, 0.6) is 0 Å². The van der Waals surface area contributed by atoms with Crippen molar-refractivity contribution in [2.75, 3.05) is 7.11 Å². The molecule has 1 aromatic heterocycles.